The molecule has 2 aromatic carbocycles. The number of ether oxygens (including phenoxy) is 1. The molecule has 0 aliphatic rings. The summed E-state index contributed by atoms with van der Waals surface area (Å²) in [7, 11) is 0. The molecular formula is C21H21NO3. The molecule has 0 fully saturated rings. The van der Waals surface area contributed by atoms with Crippen LogP contribution in [0.1, 0.15) is 37.0 Å². The van der Waals surface area contributed by atoms with Crippen LogP contribution in [0, 0.1) is 0 Å². The highest BCUT2D eigenvalue weighted by Gasteiger charge is 2.09. The first-order valence-corrected chi connectivity index (χ1v) is 8.49. The number of carbonyl (C=O) groups is 1. The van der Waals surface area contributed by atoms with E-state index >= 15 is 0 Å². The number of hydrogen-bond donors (Lipinski definition) is 0. The Kier molecular flexibility index (Phi) is 5.29. The van der Waals surface area contributed by atoms with Gasteiger partial charge in [0.15, 0.2) is 5.76 Å². The second kappa shape index (κ2) is 7.79. The Morgan fingerprint density at radius 1 is 1.08 bits per heavy atom. The standard InChI is InChI=1S/C21H21NO3/c1-3-4-15(2)24-19-11-9-18(10-12-19)21-13-20(22-25-21)17-7-5-16(14-23)6-8-17/h5-15H,3-4H2,1-2H3. The molecule has 0 amide bonds. The quantitative estimate of drug-likeness (QED) is 0.543. The lowest BCUT2D eigenvalue weighted by molar-refractivity contribution is 0.112. The highest BCUT2D eigenvalue weighted by Crippen LogP contribution is 2.27. The van der Waals surface area contributed by atoms with Crippen LogP contribution in [0.4, 0.5) is 0 Å². The monoisotopic (exact) mass is 335 g/mol. The van der Waals surface area contributed by atoms with E-state index in [-0.39, 0.29) is 6.10 Å². The largest absolute Gasteiger partial charge is 0.491 e. The van der Waals surface area contributed by atoms with Crippen molar-refractivity contribution in [2.45, 2.75) is 32.8 Å². The van der Waals surface area contributed by atoms with Crippen LogP contribution in [0.15, 0.2) is 59.1 Å². The van der Waals surface area contributed by atoms with Crippen molar-refractivity contribution in [3.63, 3.8) is 0 Å². The van der Waals surface area contributed by atoms with Crippen LogP contribution in [0.3, 0.4) is 0 Å². The summed E-state index contributed by atoms with van der Waals surface area (Å²) in [5.41, 5.74) is 3.23. The first-order valence-electron chi connectivity index (χ1n) is 8.49. The third-order valence-corrected chi connectivity index (χ3v) is 4.02. The van der Waals surface area contributed by atoms with E-state index in [1.807, 2.05) is 42.5 Å². The van der Waals surface area contributed by atoms with Gasteiger partial charge in [-0.2, -0.15) is 0 Å². The van der Waals surface area contributed by atoms with E-state index < -0.39 is 0 Å². The molecule has 128 valence electrons. The summed E-state index contributed by atoms with van der Waals surface area (Å²) in [6.45, 7) is 4.23. The Bertz CT molecular complexity index is 819. The lowest BCUT2D eigenvalue weighted by Crippen LogP contribution is -2.10. The number of carbonyl (C=O) groups excluding carboxylic acids is 1. The number of benzene rings is 2. The van der Waals surface area contributed by atoms with Crippen molar-refractivity contribution in [2.24, 2.45) is 0 Å². The first kappa shape index (κ1) is 17.0. The van der Waals surface area contributed by atoms with Gasteiger partial charge in [-0.15, -0.1) is 0 Å². The highest BCUT2D eigenvalue weighted by molar-refractivity contribution is 5.76. The minimum absolute atomic E-state index is 0.210. The second-order valence-electron chi connectivity index (χ2n) is 6.06. The Morgan fingerprint density at radius 2 is 1.76 bits per heavy atom. The maximum absolute atomic E-state index is 10.7. The minimum Gasteiger partial charge on any atom is -0.491 e. The van der Waals surface area contributed by atoms with E-state index in [0.29, 0.717) is 11.3 Å². The summed E-state index contributed by atoms with van der Waals surface area (Å²) in [6, 6.07) is 17.0. The van der Waals surface area contributed by atoms with Gasteiger partial charge in [-0.3, -0.25) is 4.79 Å². The molecule has 1 heterocycles. The fraction of sp³-hybridized carbons (Fsp3) is 0.238. The molecule has 1 atom stereocenters. The average Bonchev–Trinajstić information content (AvgIpc) is 3.13. The molecule has 0 spiro atoms. The molecule has 0 saturated heterocycles. The first-order chi connectivity index (χ1) is 12.2. The molecule has 0 N–H and O–H groups in total. The van der Waals surface area contributed by atoms with E-state index in [4.69, 9.17) is 9.26 Å². The van der Waals surface area contributed by atoms with Crippen molar-refractivity contribution >= 4 is 6.29 Å². The van der Waals surface area contributed by atoms with E-state index in [0.717, 1.165) is 41.7 Å². The topological polar surface area (TPSA) is 52.3 Å². The average molecular weight is 335 g/mol. The van der Waals surface area contributed by atoms with E-state index in [1.165, 1.54) is 0 Å². The second-order valence-corrected chi connectivity index (χ2v) is 6.06. The van der Waals surface area contributed by atoms with Gasteiger partial charge >= 0.3 is 0 Å². The van der Waals surface area contributed by atoms with Crippen LogP contribution in [0.5, 0.6) is 5.75 Å². The van der Waals surface area contributed by atoms with Crippen molar-refractivity contribution in [3.8, 4) is 28.3 Å². The molecule has 0 aliphatic heterocycles. The predicted molar refractivity (Wildman–Crippen MR) is 97.8 cm³/mol. The molecular weight excluding hydrogens is 314 g/mol. The maximum Gasteiger partial charge on any atom is 0.167 e. The molecule has 0 saturated carbocycles. The van der Waals surface area contributed by atoms with Gasteiger partial charge in [0.25, 0.3) is 0 Å². The lowest BCUT2D eigenvalue weighted by Gasteiger charge is -2.13. The molecule has 0 aliphatic carbocycles. The summed E-state index contributed by atoms with van der Waals surface area (Å²) in [6.07, 6.45) is 3.18. The van der Waals surface area contributed by atoms with Crippen LogP contribution in [0.2, 0.25) is 0 Å². The Balaban J connectivity index is 1.74. The number of rotatable bonds is 7. The molecule has 4 nitrogen and oxygen atoms in total. The van der Waals surface area contributed by atoms with Crippen LogP contribution in [0.25, 0.3) is 22.6 Å². The van der Waals surface area contributed by atoms with Crippen LogP contribution in [-0.2, 0) is 0 Å². The van der Waals surface area contributed by atoms with Gasteiger partial charge < -0.3 is 9.26 Å². The maximum atomic E-state index is 10.7. The highest BCUT2D eigenvalue weighted by atomic mass is 16.5. The summed E-state index contributed by atoms with van der Waals surface area (Å²) in [5.74, 6) is 1.55. The number of nitrogens with zero attached hydrogens (tertiary/aromatic N) is 1. The minimum atomic E-state index is 0.210. The van der Waals surface area contributed by atoms with Crippen molar-refractivity contribution in [1.29, 1.82) is 0 Å². The Hall–Kier alpha value is -2.88. The van der Waals surface area contributed by atoms with Gasteiger partial charge in [0.2, 0.25) is 0 Å². The lowest BCUT2D eigenvalue weighted by atomic mass is 10.1. The molecule has 0 bridgehead atoms. The summed E-state index contributed by atoms with van der Waals surface area (Å²) in [5, 5.41) is 4.12. The summed E-state index contributed by atoms with van der Waals surface area (Å²) < 4.78 is 11.3. The van der Waals surface area contributed by atoms with Crippen LogP contribution >= 0.6 is 0 Å². The number of aldehydes is 1. The van der Waals surface area contributed by atoms with Gasteiger partial charge in [0.05, 0.1) is 6.10 Å². The summed E-state index contributed by atoms with van der Waals surface area (Å²) in [4.78, 5) is 10.7. The van der Waals surface area contributed by atoms with Gasteiger partial charge in [-0.1, -0.05) is 42.8 Å². The van der Waals surface area contributed by atoms with E-state index in [2.05, 4.69) is 19.0 Å². The normalized spacial score (nSPS) is 11.9. The van der Waals surface area contributed by atoms with Crippen molar-refractivity contribution in [1.82, 2.24) is 5.16 Å². The fourth-order valence-corrected chi connectivity index (χ4v) is 2.68. The van der Waals surface area contributed by atoms with E-state index in [1.54, 1.807) is 12.1 Å². The third-order valence-electron chi connectivity index (χ3n) is 4.02. The smallest absolute Gasteiger partial charge is 0.167 e. The van der Waals surface area contributed by atoms with Crippen LogP contribution in [-0.4, -0.2) is 17.5 Å². The summed E-state index contributed by atoms with van der Waals surface area (Å²) >= 11 is 0. The van der Waals surface area contributed by atoms with Crippen LogP contribution < -0.4 is 4.74 Å². The van der Waals surface area contributed by atoms with E-state index in [9.17, 15) is 4.79 Å². The van der Waals surface area contributed by atoms with Crippen molar-refractivity contribution < 1.29 is 14.1 Å². The van der Waals surface area contributed by atoms with Gasteiger partial charge in [0, 0.05) is 22.8 Å². The van der Waals surface area contributed by atoms with Crippen molar-refractivity contribution in [2.75, 3.05) is 0 Å². The molecule has 3 rings (SSSR count). The molecule has 1 unspecified atom stereocenters. The predicted octanol–water partition coefficient (Wildman–Crippen LogP) is 5.39. The fourth-order valence-electron chi connectivity index (χ4n) is 2.68. The molecule has 0 radical (unpaired) electrons. The van der Waals surface area contributed by atoms with Gasteiger partial charge in [-0.05, 0) is 37.6 Å². The molecule has 3 aromatic rings. The zero-order chi connectivity index (χ0) is 17.6. The number of hydrogen-bond acceptors (Lipinski definition) is 4. The third kappa shape index (κ3) is 4.15. The Labute approximate surface area is 147 Å². The Morgan fingerprint density at radius 3 is 2.40 bits per heavy atom. The van der Waals surface area contributed by atoms with Gasteiger partial charge in [0.1, 0.15) is 17.7 Å². The zero-order valence-electron chi connectivity index (χ0n) is 14.4. The molecule has 4 heteroatoms. The number of aromatic nitrogens is 1. The van der Waals surface area contributed by atoms with Crippen molar-refractivity contribution in [3.05, 3.63) is 60.2 Å². The van der Waals surface area contributed by atoms with Gasteiger partial charge in [-0.25, -0.2) is 0 Å². The SMILES string of the molecule is CCCC(C)Oc1ccc(-c2cc(-c3ccc(C=O)cc3)no2)cc1. The molecule has 25 heavy (non-hydrogen) atoms. The molecule has 1 aromatic heterocycles. The zero-order valence-corrected chi connectivity index (χ0v) is 14.4.